The molecule has 2 rings (SSSR count). The lowest BCUT2D eigenvalue weighted by atomic mass is 10.1. The van der Waals surface area contributed by atoms with Crippen LogP contribution in [-0.4, -0.2) is 36.9 Å². The van der Waals surface area contributed by atoms with E-state index in [1.54, 1.807) is 37.4 Å². The Kier molecular flexibility index (Phi) is 6.29. The third kappa shape index (κ3) is 5.14. The predicted molar refractivity (Wildman–Crippen MR) is 92.1 cm³/mol. The SMILES string of the molecule is CN(CC(=O)NCCc1ccccc1F)C(=O)c1ccc(Br)s1. The molecule has 0 aliphatic carbocycles. The number of rotatable bonds is 6. The van der Waals surface area contributed by atoms with E-state index in [4.69, 9.17) is 0 Å². The summed E-state index contributed by atoms with van der Waals surface area (Å²) in [6.45, 7) is 0.290. The van der Waals surface area contributed by atoms with Gasteiger partial charge in [0.25, 0.3) is 5.91 Å². The highest BCUT2D eigenvalue weighted by molar-refractivity contribution is 9.11. The van der Waals surface area contributed by atoms with E-state index in [0.717, 1.165) is 3.79 Å². The predicted octanol–water partition coefficient (Wildman–Crippen LogP) is 3.08. The molecule has 0 unspecified atom stereocenters. The van der Waals surface area contributed by atoms with Crippen molar-refractivity contribution in [2.75, 3.05) is 20.1 Å². The molecule has 0 saturated carbocycles. The normalized spacial score (nSPS) is 10.4. The standard InChI is InChI=1S/C16H16BrFN2O2S/c1-20(16(22)13-6-7-14(17)23-13)10-15(21)19-9-8-11-4-2-3-5-12(11)18/h2-7H,8-10H2,1H3,(H,19,21). The fourth-order valence-corrected chi connectivity index (χ4v) is 3.38. The van der Waals surface area contributed by atoms with Gasteiger partial charge in [-0.05, 0) is 46.1 Å². The van der Waals surface area contributed by atoms with Crippen LogP contribution in [0.25, 0.3) is 0 Å². The number of hydrogen-bond donors (Lipinski definition) is 1. The van der Waals surface area contributed by atoms with Crippen LogP contribution in [0.2, 0.25) is 0 Å². The summed E-state index contributed by atoms with van der Waals surface area (Å²) in [6, 6.07) is 9.96. The van der Waals surface area contributed by atoms with Crippen LogP contribution in [0.3, 0.4) is 0 Å². The van der Waals surface area contributed by atoms with E-state index in [1.165, 1.54) is 22.3 Å². The minimum absolute atomic E-state index is 0.0361. The second-order valence-electron chi connectivity index (χ2n) is 4.96. The summed E-state index contributed by atoms with van der Waals surface area (Å²) >= 11 is 4.62. The minimum atomic E-state index is -0.280. The second kappa shape index (κ2) is 8.21. The van der Waals surface area contributed by atoms with E-state index in [0.29, 0.717) is 23.4 Å². The van der Waals surface area contributed by atoms with Crippen LogP contribution in [0.15, 0.2) is 40.2 Å². The van der Waals surface area contributed by atoms with Gasteiger partial charge in [0.05, 0.1) is 15.2 Å². The average Bonchev–Trinajstić information content (AvgIpc) is 2.95. The number of nitrogens with zero attached hydrogens (tertiary/aromatic N) is 1. The Morgan fingerprint density at radius 3 is 2.65 bits per heavy atom. The molecule has 0 atom stereocenters. The maximum atomic E-state index is 13.5. The van der Waals surface area contributed by atoms with Crippen molar-refractivity contribution in [2.45, 2.75) is 6.42 Å². The lowest BCUT2D eigenvalue weighted by Gasteiger charge is -2.16. The first-order valence-corrected chi connectivity index (χ1v) is 8.59. The minimum Gasteiger partial charge on any atom is -0.354 e. The number of carbonyl (C=O) groups excluding carboxylic acids is 2. The van der Waals surface area contributed by atoms with Crippen LogP contribution in [0.5, 0.6) is 0 Å². The molecule has 2 aromatic rings. The molecule has 0 spiro atoms. The molecule has 0 aliphatic rings. The second-order valence-corrected chi connectivity index (χ2v) is 7.42. The lowest BCUT2D eigenvalue weighted by Crippen LogP contribution is -2.38. The number of halogens is 2. The number of amides is 2. The molecule has 122 valence electrons. The van der Waals surface area contributed by atoms with Gasteiger partial charge >= 0.3 is 0 Å². The Bertz CT molecular complexity index is 705. The summed E-state index contributed by atoms with van der Waals surface area (Å²) in [5.74, 6) is -0.755. The fraction of sp³-hybridized carbons (Fsp3) is 0.250. The van der Waals surface area contributed by atoms with E-state index in [2.05, 4.69) is 21.2 Å². The van der Waals surface area contributed by atoms with Crippen LogP contribution >= 0.6 is 27.3 Å². The van der Waals surface area contributed by atoms with Gasteiger partial charge in [-0.25, -0.2) is 4.39 Å². The summed E-state index contributed by atoms with van der Waals surface area (Å²) < 4.78 is 14.3. The number of thiophene rings is 1. The Balaban J connectivity index is 1.78. The Morgan fingerprint density at radius 2 is 2.00 bits per heavy atom. The number of nitrogens with one attached hydrogen (secondary N) is 1. The van der Waals surface area contributed by atoms with Crippen molar-refractivity contribution in [3.8, 4) is 0 Å². The fourth-order valence-electron chi connectivity index (χ4n) is 2.00. The maximum Gasteiger partial charge on any atom is 0.264 e. The average molecular weight is 399 g/mol. The molecule has 1 aromatic heterocycles. The number of hydrogen-bond acceptors (Lipinski definition) is 3. The summed E-state index contributed by atoms with van der Waals surface area (Å²) in [4.78, 5) is 25.9. The number of benzene rings is 1. The number of likely N-dealkylation sites (N-methyl/N-ethyl adjacent to an activating group) is 1. The highest BCUT2D eigenvalue weighted by Crippen LogP contribution is 2.22. The van der Waals surface area contributed by atoms with Crippen LogP contribution in [-0.2, 0) is 11.2 Å². The lowest BCUT2D eigenvalue weighted by molar-refractivity contribution is -0.121. The molecule has 1 N–H and O–H groups in total. The largest absolute Gasteiger partial charge is 0.354 e. The van der Waals surface area contributed by atoms with Crippen LogP contribution in [0.1, 0.15) is 15.2 Å². The first kappa shape index (κ1) is 17.6. The first-order chi connectivity index (χ1) is 11.0. The van der Waals surface area contributed by atoms with E-state index < -0.39 is 0 Å². The van der Waals surface area contributed by atoms with Crippen molar-refractivity contribution in [2.24, 2.45) is 0 Å². The van der Waals surface area contributed by atoms with E-state index in [1.807, 2.05) is 0 Å². The van der Waals surface area contributed by atoms with Gasteiger partial charge in [-0.2, -0.15) is 0 Å². The van der Waals surface area contributed by atoms with Gasteiger partial charge in [0.2, 0.25) is 5.91 Å². The van der Waals surface area contributed by atoms with Gasteiger partial charge in [-0.1, -0.05) is 18.2 Å². The van der Waals surface area contributed by atoms with Gasteiger partial charge in [0, 0.05) is 13.6 Å². The zero-order valence-corrected chi connectivity index (χ0v) is 14.9. The molecule has 2 amide bonds. The molecule has 0 radical (unpaired) electrons. The Hall–Kier alpha value is -1.73. The van der Waals surface area contributed by atoms with Crippen LogP contribution in [0, 0.1) is 5.82 Å². The maximum absolute atomic E-state index is 13.5. The molecule has 0 aliphatic heterocycles. The number of carbonyl (C=O) groups is 2. The monoisotopic (exact) mass is 398 g/mol. The van der Waals surface area contributed by atoms with Crippen molar-refractivity contribution in [1.29, 1.82) is 0 Å². The molecule has 0 saturated heterocycles. The summed E-state index contributed by atoms with van der Waals surface area (Å²) in [7, 11) is 1.58. The third-order valence-electron chi connectivity index (χ3n) is 3.19. The van der Waals surface area contributed by atoms with Crippen molar-refractivity contribution in [3.63, 3.8) is 0 Å². The van der Waals surface area contributed by atoms with Gasteiger partial charge in [-0.3, -0.25) is 9.59 Å². The molecular formula is C16H16BrFN2O2S. The highest BCUT2D eigenvalue weighted by Gasteiger charge is 2.16. The highest BCUT2D eigenvalue weighted by atomic mass is 79.9. The summed E-state index contributed by atoms with van der Waals surface area (Å²) in [5.41, 5.74) is 0.556. The third-order valence-corrected chi connectivity index (χ3v) is 4.80. The first-order valence-electron chi connectivity index (χ1n) is 6.98. The smallest absolute Gasteiger partial charge is 0.264 e. The molecule has 1 heterocycles. The van der Waals surface area contributed by atoms with Crippen LogP contribution < -0.4 is 5.32 Å². The van der Waals surface area contributed by atoms with Crippen molar-refractivity contribution >= 4 is 39.1 Å². The van der Waals surface area contributed by atoms with E-state index >= 15 is 0 Å². The van der Waals surface area contributed by atoms with Gasteiger partial charge in [-0.15, -0.1) is 11.3 Å². The zero-order valence-electron chi connectivity index (χ0n) is 12.5. The molecule has 1 aromatic carbocycles. The quantitative estimate of drug-likeness (QED) is 0.812. The summed E-state index contributed by atoms with van der Waals surface area (Å²) in [6.07, 6.45) is 0.411. The summed E-state index contributed by atoms with van der Waals surface area (Å²) in [5, 5.41) is 2.70. The van der Waals surface area contributed by atoms with Crippen molar-refractivity contribution < 1.29 is 14.0 Å². The topological polar surface area (TPSA) is 49.4 Å². The molecule has 4 nitrogen and oxygen atoms in total. The van der Waals surface area contributed by atoms with E-state index in [9.17, 15) is 14.0 Å². The van der Waals surface area contributed by atoms with Crippen LogP contribution in [0.4, 0.5) is 4.39 Å². The molecule has 0 bridgehead atoms. The molecule has 7 heteroatoms. The van der Waals surface area contributed by atoms with Gasteiger partial charge in [0.1, 0.15) is 5.82 Å². The Morgan fingerprint density at radius 1 is 1.26 bits per heavy atom. The molecule has 0 fully saturated rings. The molecular weight excluding hydrogens is 383 g/mol. The van der Waals surface area contributed by atoms with Gasteiger partial charge in [0.15, 0.2) is 0 Å². The zero-order chi connectivity index (χ0) is 16.8. The molecule has 23 heavy (non-hydrogen) atoms. The van der Waals surface area contributed by atoms with Crippen molar-refractivity contribution in [1.82, 2.24) is 10.2 Å². The van der Waals surface area contributed by atoms with E-state index in [-0.39, 0.29) is 24.2 Å². The van der Waals surface area contributed by atoms with Crippen molar-refractivity contribution in [3.05, 3.63) is 56.4 Å². The Labute approximate surface area is 146 Å². The van der Waals surface area contributed by atoms with Gasteiger partial charge < -0.3 is 10.2 Å².